The van der Waals surface area contributed by atoms with Crippen LogP contribution in [0.5, 0.6) is 11.5 Å². The van der Waals surface area contributed by atoms with Gasteiger partial charge in [-0.25, -0.2) is 0 Å². The van der Waals surface area contributed by atoms with Crippen LogP contribution in [0.4, 0.5) is 5.69 Å². The molecule has 5 nitrogen and oxygen atoms in total. The molecular weight excluding hydrogens is 476 g/mol. The van der Waals surface area contributed by atoms with Crippen molar-refractivity contribution in [3.8, 4) is 11.5 Å². The van der Waals surface area contributed by atoms with E-state index in [4.69, 9.17) is 26.4 Å². The Balaban J connectivity index is 1.48. The normalized spacial score (nSPS) is 28.8. The first-order valence-corrected chi connectivity index (χ1v) is 11.9. The SMILES string of the molecule is COc1cc(Br)c2c3c1O[C@H]1C[C@@H](OC(=S)Nc4ccccc4)C(C)[C@@]31CCN(C)C2. The number of hydrogen-bond acceptors (Lipinski definition) is 5. The summed E-state index contributed by atoms with van der Waals surface area (Å²) in [5.41, 5.74) is 3.43. The first kappa shape index (κ1) is 21.0. The molecule has 7 heteroatoms. The number of benzene rings is 2. The van der Waals surface area contributed by atoms with Gasteiger partial charge < -0.3 is 24.4 Å². The summed E-state index contributed by atoms with van der Waals surface area (Å²) >= 11 is 9.35. The van der Waals surface area contributed by atoms with Crippen LogP contribution in [0.3, 0.4) is 0 Å². The monoisotopic (exact) mass is 502 g/mol. The summed E-state index contributed by atoms with van der Waals surface area (Å²) in [5.74, 6) is 1.96. The van der Waals surface area contributed by atoms with E-state index < -0.39 is 0 Å². The number of rotatable bonds is 3. The number of nitrogens with one attached hydrogen (secondary N) is 1. The Morgan fingerprint density at radius 2 is 2.10 bits per heavy atom. The van der Waals surface area contributed by atoms with Gasteiger partial charge in [0.1, 0.15) is 12.2 Å². The minimum atomic E-state index is -0.112. The molecule has 1 aliphatic carbocycles. The van der Waals surface area contributed by atoms with E-state index in [1.807, 2.05) is 36.4 Å². The molecule has 31 heavy (non-hydrogen) atoms. The Morgan fingerprint density at radius 1 is 1.32 bits per heavy atom. The first-order chi connectivity index (χ1) is 14.9. The van der Waals surface area contributed by atoms with Gasteiger partial charge in [-0.05, 0) is 56.0 Å². The molecule has 1 N–H and O–H groups in total. The summed E-state index contributed by atoms with van der Waals surface area (Å²) in [4.78, 5) is 2.39. The van der Waals surface area contributed by atoms with E-state index in [0.29, 0.717) is 5.17 Å². The number of hydrogen-bond donors (Lipinski definition) is 1. The van der Waals surface area contributed by atoms with Crippen molar-refractivity contribution in [1.82, 2.24) is 4.90 Å². The molecule has 5 rings (SSSR count). The lowest BCUT2D eigenvalue weighted by atomic mass is 9.69. The molecule has 0 bridgehead atoms. The van der Waals surface area contributed by atoms with Crippen molar-refractivity contribution in [3.63, 3.8) is 0 Å². The third-order valence-corrected chi connectivity index (χ3v) is 8.16. The second-order valence-electron chi connectivity index (χ2n) is 8.84. The molecule has 2 heterocycles. The van der Waals surface area contributed by atoms with E-state index in [2.05, 4.69) is 40.1 Å². The first-order valence-electron chi connectivity index (χ1n) is 10.7. The number of halogens is 1. The zero-order valence-corrected chi connectivity index (χ0v) is 20.4. The smallest absolute Gasteiger partial charge is 0.261 e. The van der Waals surface area contributed by atoms with E-state index in [0.717, 1.165) is 47.6 Å². The van der Waals surface area contributed by atoms with Crippen molar-refractivity contribution in [2.75, 3.05) is 26.0 Å². The number of methoxy groups -OCH3 is 1. The zero-order valence-electron chi connectivity index (χ0n) is 18.0. The number of ether oxygens (including phenoxy) is 3. The van der Waals surface area contributed by atoms with Gasteiger partial charge in [0, 0.05) is 40.0 Å². The Bertz CT molecular complexity index is 1020. The van der Waals surface area contributed by atoms with Crippen LogP contribution in [0.1, 0.15) is 30.9 Å². The van der Waals surface area contributed by atoms with Gasteiger partial charge in [0.15, 0.2) is 11.5 Å². The Morgan fingerprint density at radius 3 is 2.84 bits per heavy atom. The van der Waals surface area contributed by atoms with Gasteiger partial charge >= 0.3 is 0 Å². The van der Waals surface area contributed by atoms with Crippen molar-refractivity contribution in [2.45, 2.75) is 43.9 Å². The van der Waals surface area contributed by atoms with Crippen LogP contribution in [0.2, 0.25) is 0 Å². The predicted molar refractivity (Wildman–Crippen MR) is 129 cm³/mol. The van der Waals surface area contributed by atoms with E-state index in [9.17, 15) is 0 Å². The Labute approximate surface area is 197 Å². The zero-order chi connectivity index (χ0) is 21.8. The minimum absolute atomic E-state index is 0.0110. The van der Waals surface area contributed by atoms with Crippen LogP contribution in [0.25, 0.3) is 0 Å². The fourth-order valence-electron chi connectivity index (χ4n) is 5.69. The molecule has 0 saturated heterocycles. The van der Waals surface area contributed by atoms with Crippen molar-refractivity contribution < 1.29 is 14.2 Å². The molecule has 4 atom stereocenters. The summed E-state index contributed by atoms with van der Waals surface area (Å²) in [6.45, 7) is 4.18. The average molecular weight is 503 g/mol. The molecule has 2 aliphatic heterocycles. The van der Waals surface area contributed by atoms with Crippen molar-refractivity contribution in [3.05, 3.63) is 52.0 Å². The van der Waals surface area contributed by atoms with Gasteiger partial charge in [-0.2, -0.15) is 0 Å². The fourth-order valence-corrected chi connectivity index (χ4v) is 6.47. The molecule has 0 radical (unpaired) electrons. The quantitative estimate of drug-likeness (QED) is 0.588. The molecule has 2 aromatic rings. The summed E-state index contributed by atoms with van der Waals surface area (Å²) in [6, 6.07) is 11.9. The van der Waals surface area contributed by atoms with Crippen LogP contribution in [0, 0.1) is 5.92 Å². The largest absolute Gasteiger partial charge is 0.493 e. The maximum Gasteiger partial charge on any atom is 0.261 e. The Hall–Kier alpha value is -1.83. The van der Waals surface area contributed by atoms with Crippen LogP contribution in [0.15, 0.2) is 40.9 Å². The van der Waals surface area contributed by atoms with Gasteiger partial charge in [0.2, 0.25) is 0 Å². The molecule has 1 unspecified atom stereocenters. The third kappa shape index (κ3) is 3.33. The van der Waals surface area contributed by atoms with Crippen LogP contribution in [-0.4, -0.2) is 43.0 Å². The lowest BCUT2D eigenvalue weighted by Crippen LogP contribution is -2.40. The molecule has 1 spiro atoms. The summed E-state index contributed by atoms with van der Waals surface area (Å²) < 4.78 is 19.7. The second kappa shape index (κ2) is 7.94. The minimum Gasteiger partial charge on any atom is -0.493 e. The van der Waals surface area contributed by atoms with Crippen molar-refractivity contribution in [1.29, 1.82) is 0 Å². The van der Waals surface area contributed by atoms with Crippen molar-refractivity contribution >= 4 is 39.0 Å². The standard InChI is InChI=1S/C24H27BrN2O3S/c1-14-18(29-23(31)26-15-7-5-4-6-8-15)12-20-24(14)9-10-27(2)13-16-17(25)11-19(28-3)22(30-20)21(16)24/h4-8,11,14,18,20H,9-10,12-13H2,1-3H3,(H,26,31)/t14?,18-,20+,24-/m1/s1. The highest BCUT2D eigenvalue weighted by Gasteiger charge is 2.62. The summed E-state index contributed by atoms with van der Waals surface area (Å²) in [7, 11) is 3.89. The molecule has 2 aromatic carbocycles. The molecule has 3 aliphatic rings. The van der Waals surface area contributed by atoms with Gasteiger partial charge in [-0.3, -0.25) is 0 Å². The number of thiocarbonyl (C=S) groups is 1. The summed E-state index contributed by atoms with van der Waals surface area (Å²) in [5, 5.41) is 3.62. The van der Waals surface area contributed by atoms with Gasteiger partial charge in [-0.15, -0.1) is 0 Å². The number of anilines is 1. The molecule has 0 aromatic heterocycles. The molecule has 164 valence electrons. The highest BCUT2D eigenvalue weighted by Crippen LogP contribution is 2.62. The molecule has 0 amide bonds. The lowest BCUT2D eigenvalue weighted by molar-refractivity contribution is 0.123. The van der Waals surface area contributed by atoms with Gasteiger partial charge in [0.05, 0.1) is 7.11 Å². The molecule has 1 fully saturated rings. The molecule has 1 saturated carbocycles. The number of para-hydroxylation sites is 1. The van der Waals surface area contributed by atoms with Crippen LogP contribution >= 0.6 is 28.1 Å². The van der Waals surface area contributed by atoms with Gasteiger partial charge in [0.25, 0.3) is 5.17 Å². The van der Waals surface area contributed by atoms with E-state index in [1.165, 1.54) is 11.1 Å². The third-order valence-electron chi connectivity index (χ3n) is 7.25. The number of nitrogens with zero attached hydrogens (tertiary/aromatic N) is 1. The summed E-state index contributed by atoms with van der Waals surface area (Å²) in [6.07, 6.45) is 1.86. The van der Waals surface area contributed by atoms with Crippen LogP contribution in [-0.2, 0) is 16.7 Å². The predicted octanol–water partition coefficient (Wildman–Crippen LogP) is 5.11. The maximum absolute atomic E-state index is 6.61. The second-order valence-corrected chi connectivity index (χ2v) is 10.1. The van der Waals surface area contributed by atoms with Crippen molar-refractivity contribution in [2.24, 2.45) is 5.92 Å². The van der Waals surface area contributed by atoms with Gasteiger partial charge in [-0.1, -0.05) is 41.1 Å². The molecular formula is C24H27BrN2O3S. The average Bonchev–Trinajstić information content (AvgIpc) is 3.13. The fraction of sp³-hybridized carbons (Fsp3) is 0.458. The van der Waals surface area contributed by atoms with Crippen LogP contribution < -0.4 is 14.8 Å². The highest BCUT2D eigenvalue weighted by atomic mass is 79.9. The van der Waals surface area contributed by atoms with E-state index >= 15 is 0 Å². The topological polar surface area (TPSA) is 43.0 Å². The maximum atomic E-state index is 6.61. The highest BCUT2D eigenvalue weighted by molar-refractivity contribution is 9.10. The van der Waals surface area contributed by atoms with E-state index in [1.54, 1.807) is 7.11 Å². The lowest BCUT2D eigenvalue weighted by Gasteiger charge is -2.34. The Kier molecular flexibility index (Phi) is 5.39. The van der Waals surface area contributed by atoms with E-state index in [-0.39, 0.29) is 23.5 Å².